The predicted molar refractivity (Wildman–Crippen MR) is 78.5 cm³/mol. The fourth-order valence-electron chi connectivity index (χ4n) is 1.83. The molecule has 2 heteroatoms. The maximum atomic E-state index is 8.97. The van der Waals surface area contributed by atoms with Crippen LogP contribution in [0.3, 0.4) is 0 Å². The summed E-state index contributed by atoms with van der Waals surface area (Å²) >= 11 is 1.92. The Labute approximate surface area is 113 Å². The summed E-state index contributed by atoms with van der Waals surface area (Å²) in [5.41, 5.74) is 4.99. The zero-order valence-electron chi connectivity index (χ0n) is 10.6. The van der Waals surface area contributed by atoms with Gasteiger partial charge in [0.25, 0.3) is 0 Å². The average molecular weight is 258 g/mol. The van der Waals surface area contributed by atoms with Crippen molar-refractivity contribution in [2.75, 3.05) is 0 Å². The number of hydrogen-bond donors (Lipinski definition) is 1. The molecule has 0 bridgehead atoms. The van der Waals surface area contributed by atoms with Crippen molar-refractivity contribution < 1.29 is 5.11 Å². The highest BCUT2D eigenvalue weighted by molar-refractivity contribution is 7.97. The van der Waals surface area contributed by atoms with Gasteiger partial charge in [-0.3, -0.25) is 0 Å². The quantitative estimate of drug-likeness (QED) is 0.877. The Morgan fingerprint density at radius 1 is 0.889 bits per heavy atom. The van der Waals surface area contributed by atoms with Gasteiger partial charge in [-0.05, 0) is 23.6 Å². The highest BCUT2D eigenvalue weighted by Gasteiger charge is 1.97. The monoisotopic (exact) mass is 258 g/mol. The van der Waals surface area contributed by atoms with Crippen LogP contribution in [-0.4, -0.2) is 5.11 Å². The van der Waals surface area contributed by atoms with Gasteiger partial charge in [-0.1, -0.05) is 54.1 Å². The lowest BCUT2D eigenvalue weighted by atomic mass is 10.2. The molecule has 0 spiro atoms. The number of aliphatic hydroxyl groups is 1. The maximum absolute atomic E-state index is 8.97. The summed E-state index contributed by atoms with van der Waals surface area (Å²) in [7, 11) is 0. The van der Waals surface area contributed by atoms with E-state index in [1.54, 1.807) is 0 Å². The lowest BCUT2D eigenvalue weighted by molar-refractivity contribution is 0.282. The number of thioether (sulfide) groups is 1. The highest BCUT2D eigenvalue weighted by Crippen LogP contribution is 2.18. The largest absolute Gasteiger partial charge is 0.392 e. The van der Waals surface area contributed by atoms with Crippen LogP contribution in [-0.2, 0) is 18.1 Å². The van der Waals surface area contributed by atoms with Gasteiger partial charge in [0.2, 0.25) is 0 Å². The van der Waals surface area contributed by atoms with E-state index in [0.29, 0.717) is 0 Å². The van der Waals surface area contributed by atoms with E-state index in [1.165, 1.54) is 16.7 Å². The molecule has 0 atom stereocenters. The van der Waals surface area contributed by atoms with Crippen LogP contribution in [0.4, 0.5) is 0 Å². The summed E-state index contributed by atoms with van der Waals surface area (Å²) in [6.07, 6.45) is 0. The molecule has 2 rings (SSSR count). The molecule has 2 aromatic rings. The topological polar surface area (TPSA) is 20.2 Å². The molecule has 2 aromatic carbocycles. The molecule has 1 nitrogen and oxygen atoms in total. The second-order valence-corrected chi connectivity index (χ2v) is 5.44. The Balaban J connectivity index is 1.84. The minimum atomic E-state index is 0.122. The fourth-order valence-corrected chi connectivity index (χ4v) is 2.78. The number of benzene rings is 2. The van der Waals surface area contributed by atoms with Crippen molar-refractivity contribution >= 4 is 11.8 Å². The van der Waals surface area contributed by atoms with Crippen molar-refractivity contribution in [3.63, 3.8) is 0 Å². The van der Waals surface area contributed by atoms with E-state index >= 15 is 0 Å². The van der Waals surface area contributed by atoms with E-state index in [1.807, 2.05) is 23.9 Å². The fraction of sp³-hybridized carbons (Fsp3) is 0.250. The molecular weight excluding hydrogens is 240 g/mol. The minimum Gasteiger partial charge on any atom is -0.392 e. The Morgan fingerprint density at radius 3 is 2.22 bits per heavy atom. The van der Waals surface area contributed by atoms with E-state index in [2.05, 4.69) is 43.3 Å². The summed E-state index contributed by atoms with van der Waals surface area (Å²) in [5, 5.41) is 8.97. The third-order valence-corrected chi connectivity index (χ3v) is 3.90. The third-order valence-electron chi connectivity index (χ3n) is 2.83. The first-order chi connectivity index (χ1) is 8.78. The molecule has 0 radical (unpaired) electrons. The van der Waals surface area contributed by atoms with Gasteiger partial charge >= 0.3 is 0 Å². The van der Waals surface area contributed by atoms with Crippen LogP contribution in [0.2, 0.25) is 0 Å². The molecule has 0 aliphatic carbocycles. The first kappa shape index (κ1) is 13.2. The number of aryl methyl sites for hydroxylation is 1. The van der Waals surface area contributed by atoms with Gasteiger partial charge in [0.05, 0.1) is 6.61 Å². The lowest BCUT2D eigenvalue weighted by Gasteiger charge is -2.04. The normalized spacial score (nSPS) is 10.6. The van der Waals surface area contributed by atoms with Crippen molar-refractivity contribution in [2.24, 2.45) is 0 Å². The van der Waals surface area contributed by atoms with Gasteiger partial charge in [0, 0.05) is 11.5 Å². The Morgan fingerprint density at radius 2 is 1.56 bits per heavy atom. The molecule has 94 valence electrons. The van der Waals surface area contributed by atoms with Crippen LogP contribution in [0.25, 0.3) is 0 Å². The zero-order valence-corrected chi connectivity index (χ0v) is 11.4. The highest BCUT2D eigenvalue weighted by atomic mass is 32.2. The Bertz CT molecular complexity index is 491. The average Bonchev–Trinajstić information content (AvgIpc) is 2.40. The first-order valence-corrected chi connectivity index (χ1v) is 7.25. The lowest BCUT2D eigenvalue weighted by Crippen LogP contribution is -1.86. The van der Waals surface area contributed by atoms with E-state index in [0.717, 1.165) is 17.1 Å². The molecular formula is C16H18OS. The van der Waals surface area contributed by atoms with Crippen LogP contribution in [0.15, 0.2) is 48.5 Å². The van der Waals surface area contributed by atoms with Crippen LogP contribution in [0.1, 0.15) is 22.3 Å². The Hall–Kier alpha value is -1.25. The van der Waals surface area contributed by atoms with Crippen LogP contribution >= 0.6 is 11.8 Å². The van der Waals surface area contributed by atoms with Crippen LogP contribution < -0.4 is 0 Å². The van der Waals surface area contributed by atoms with Gasteiger partial charge in [-0.15, -0.1) is 0 Å². The second-order valence-electron chi connectivity index (χ2n) is 4.46. The number of aliphatic hydroxyl groups excluding tert-OH is 1. The molecule has 0 unspecified atom stereocenters. The van der Waals surface area contributed by atoms with E-state index in [-0.39, 0.29) is 6.61 Å². The molecule has 18 heavy (non-hydrogen) atoms. The van der Waals surface area contributed by atoms with Crippen molar-refractivity contribution in [1.29, 1.82) is 0 Å². The van der Waals surface area contributed by atoms with Crippen molar-refractivity contribution in [3.8, 4) is 0 Å². The molecule has 0 heterocycles. The van der Waals surface area contributed by atoms with Crippen molar-refractivity contribution in [1.82, 2.24) is 0 Å². The molecule has 1 N–H and O–H groups in total. The molecule has 0 saturated carbocycles. The molecule has 0 aliphatic rings. The minimum absolute atomic E-state index is 0.122. The smallest absolute Gasteiger partial charge is 0.0681 e. The number of hydrogen-bond acceptors (Lipinski definition) is 2. The first-order valence-electron chi connectivity index (χ1n) is 6.10. The standard InChI is InChI=1S/C16H18OS/c1-13-3-2-4-16(9-13)12-18-11-15-7-5-14(10-17)6-8-15/h2-9,17H,10-12H2,1H3. The molecule has 0 amide bonds. The van der Waals surface area contributed by atoms with Gasteiger partial charge in [0.1, 0.15) is 0 Å². The molecule has 0 aromatic heterocycles. The third kappa shape index (κ3) is 3.90. The zero-order chi connectivity index (χ0) is 12.8. The molecule has 0 fully saturated rings. The molecule has 0 aliphatic heterocycles. The number of rotatable bonds is 5. The van der Waals surface area contributed by atoms with Gasteiger partial charge < -0.3 is 5.11 Å². The molecule has 0 saturated heterocycles. The summed E-state index contributed by atoms with van der Waals surface area (Å²) in [5.74, 6) is 2.06. The van der Waals surface area contributed by atoms with Crippen molar-refractivity contribution in [2.45, 2.75) is 25.0 Å². The summed E-state index contributed by atoms with van der Waals surface area (Å²) in [6.45, 7) is 2.25. The Kier molecular flexibility index (Phi) is 4.85. The van der Waals surface area contributed by atoms with E-state index in [4.69, 9.17) is 5.11 Å². The van der Waals surface area contributed by atoms with E-state index in [9.17, 15) is 0 Å². The predicted octanol–water partition coefficient (Wildman–Crippen LogP) is 3.92. The summed E-state index contributed by atoms with van der Waals surface area (Å²) in [4.78, 5) is 0. The van der Waals surface area contributed by atoms with Gasteiger partial charge in [-0.25, -0.2) is 0 Å². The maximum Gasteiger partial charge on any atom is 0.0681 e. The van der Waals surface area contributed by atoms with Crippen molar-refractivity contribution in [3.05, 3.63) is 70.8 Å². The van der Waals surface area contributed by atoms with Gasteiger partial charge in [0.15, 0.2) is 0 Å². The second kappa shape index (κ2) is 6.62. The summed E-state index contributed by atoms with van der Waals surface area (Å²) < 4.78 is 0. The van der Waals surface area contributed by atoms with E-state index < -0.39 is 0 Å². The SMILES string of the molecule is Cc1cccc(CSCc2ccc(CO)cc2)c1. The van der Waals surface area contributed by atoms with Crippen LogP contribution in [0.5, 0.6) is 0 Å². The summed E-state index contributed by atoms with van der Waals surface area (Å²) in [6, 6.07) is 16.8. The van der Waals surface area contributed by atoms with Crippen LogP contribution in [0, 0.1) is 6.92 Å². The van der Waals surface area contributed by atoms with Gasteiger partial charge in [-0.2, -0.15) is 11.8 Å².